The molecule has 1 aromatic heterocycles. The highest BCUT2D eigenvalue weighted by molar-refractivity contribution is 5.46. The zero-order chi connectivity index (χ0) is 18.5. The van der Waals surface area contributed by atoms with E-state index in [1.807, 2.05) is 4.68 Å². The zero-order valence-electron chi connectivity index (χ0n) is 16.6. The average Bonchev–Trinajstić information content (AvgIpc) is 3.09. The standard InChI is InChI=1S/C20H32N6/c1-16(2)10-11-26-20(21-22-23-26)19(17(3)4)25-14-12-24(13-15-25)18-8-6-5-7-9-18/h5-9,16-17,19H,10-15H2,1-4H3/p+1/t19-/m0/s1. The molecule has 142 valence electrons. The Kier molecular flexibility index (Phi) is 6.25. The number of aryl methyl sites for hydroxylation is 1. The first-order valence-electron chi connectivity index (χ1n) is 9.97. The van der Waals surface area contributed by atoms with Crippen LogP contribution < -0.4 is 9.80 Å². The largest absolute Gasteiger partial charge is 0.360 e. The maximum atomic E-state index is 4.44. The SMILES string of the molecule is CC(C)CCn1nnnc1[C@H](C(C)C)[NH+]1CCN(c2ccccc2)CC1. The van der Waals surface area contributed by atoms with Gasteiger partial charge in [0.15, 0.2) is 6.04 Å². The van der Waals surface area contributed by atoms with Crippen LogP contribution in [0.5, 0.6) is 0 Å². The summed E-state index contributed by atoms with van der Waals surface area (Å²) in [4.78, 5) is 4.09. The van der Waals surface area contributed by atoms with E-state index in [0.717, 1.165) is 45.0 Å². The minimum atomic E-state index is 0.357. The van der Waals surface area contributed by atoms with Crippen LogP contribution in [0, 0.1) is 11.8 Å². The third kappa shape index (κ3) is 4.41. The van der Waals surface area contributed by atoms with Crippen LogP contribution in [-0.4, -0.2) is 46.4 Å². The monoisotopic (exact) mass is 357 g/mol. The summed E-state index contributed by atoms with van der Waals surface area (Å²) >= 11 is 0. The van der Waals surface area contributed by atoms with Gasteiger partial charge < -0.3 is 9.80 Å². The summed E-state index contributed by atoms with van der Waals surface area (Å²) in [7, 11) is 0. The number of rotatable bonds is 7. The van der Waals surface area contributed by atoms with Crippen molar-refractivity contribution in [3.05, 3.63) is 36.2 Å². The summed E-state index contributed by atoms with van der Waals surface area (Å²) in [6.45, 7) is 14.4. The number of tetrazole rings is 1. The van der Waals surface area contributed by atoms with Gasteiger partial charge in [0.2, 0.25) is 5.82 Å². The van der Waals surface area contributed by atoms with Crippen LogP contribution in [0.15, 0.2) is 30.3 Å². The van der Waals surface area contributed by atoms with Crippen LogP contribution in [0.3, 0.4) is 0 Å². The van der Waals surface area contributed by atoms with Crippen LogP contribution in [0.4, 0.5) is 5.69 Å². The van der Waals surface area contributed by atoms with Crippen molar-refractivity contribution in [1.82, 2.24) is 20.2 Å². The van der Waals surface area contributed by atoms with Crippen molar-refractivity contribution >= 4 is 5.69 Å². The Balaban J connectivity index is 1.69. The quantitative estimate of drug-likeness (QED) is 0.821. The predicted molar refractivity (Wildman–Crippen MR) is 104 cm³/mol. The molecule has 6 nitrogen and oxygen atoms in total. The molecule has 0 unspecified atom stereocenters. The van der Waals surface area contributed by atoms with Gasteiger partial charge in [-0.25, -0.2) is 4.68 Å². The Morgan fingerprint density at radius 3 is 2.35 bits per heavy atom. The van der Waals surface area contributed by atoms with Crippen LogP contribution >= 0.6 is 0 Å². The number of para-hydroxylation sites is 1. The molecule has 1 aliphatic rings. The van der Waals surface area contributed by atoms with Crippen molar-refractivity contribution in [2.45, 2.75) is 46.7 Å². The molecule has 0 bridgehead atoms. The number of aromatic nitrogens is 4. The van der Waals surface area contributed by atoms with Gasteiger partial charge in [-0.2, -0.15) is 0 Å². The molecule has 0 amide bonds. The predicted octanol–water partition coefficient (Wildman–Crippen LogP) is 1.82. The van der Waals surface area contributed by atoms with Gasteiger partial charge in [-0.05, 0) is 34.9 Å². The summed E-state index contributed by atoms with van der Waals surface area (Å²) in [5, 5.41) is 12.7. The molecule has 6 heteroatoms. The smallest absolute Gasteiger partial charge is 0.209 e. The highest BCUT2D eigenvalue weighted by atomic mass is 15.6. The lowest BCUT2D eigenvalue weighted by molar-refractivity contribution is -0.937. The molecule has 2 heterocycles. The van der Waals surface area contributed by atoms with E-state index in [-0.39, 0.29) is 0 Å². The van der Waals surface area contributed by atoms with E-state index >= 15 is 0 Å². The van der Waals surface area contributed by atoms with Gasteiger partial charge in [-0.15, -0.1) is 5.10 Å². The molecule has 1 fully saturated rings. The molecule has 1 aromatic carbocycles. The van der Waals surface area contributed by atoms with E-state index < -0.39 is 0 Å². The molecule has 26 heavy (non-hydrogen) atoms. The van der Waals surface area contributed by atoms with Crippen molar-refractivity contribution in [2.75, 3.05) is 31.1 Å². The molecule has 2 aromatic rings. The molecule has 0 aliphatic carbocycles. The van der Waals surface area contributed by atoms with E-state index in [4.69, 9.17) is 0 Å². The van der Waals surface area contributed by atoms with E-state index in [2.05, 4.69) is 78.5 Å². The molecule has 1 atom stereocenters. The lowest BCUT2D eigenvalue weighted by Crippen LogP contribution is -3.15. The number of hydrogen-bond donors (Lipinski definition) is 1. The van der Waals surface area contributed by atoms with Crippen molar-refractivity contribution in [3.63, 3.8) is 0 Å². The Morgan fingerprint density at radius 2 is 1.73 bits per heavy atom. The Bertz CT molecular complexity index is 658. The number of nitrogens with one attached hydrogen (secondary N) is 1. The maximum absolute atomic E-state index is 4.44. The van der Waals surface area contributed by atoms with Crippen molar-refractivity contribution in [2.24, 2.45) is 11.8 Å². The second-order valence-corrected chi connectivity index (χ2v) is 8.15. The van der Waals surface area contributed by atoms with E-state index in [1.54, 1.807) is 4.90 Å². The van der Waals surface area contributed by atoms with Crippen LogP contribution in [-0.2, 0) is 6.54 Å². The fourth-order valence-electron chi connectivity index (χ4n) is 3.93. The lowest BCUT2D eigenvalue weighted by Gasteiger charge is -2.38. The first-order chi connectivity index (χ1) is 12.6. The number of quaternary nitrogens is 1. The lowest BCUT2D eigenvalue weighted by atomic mass is 10.0. The third-order valence-electron chi connectivity index (χ3n) is 5.39. The van der Waals surface area contributed by atoms with Crippen LogP contribution in [0.2, 0.25) is 0 Å². The second kappa shape index (κ2) is 8.62. The van der Waals surface area contributed by atoms with Gasteiger partial charge in [-0.3, -0.25) is 0 Å². The third-order valence-corrected chi connectivity index (χ3v) is 5.39. The minimum Gasteiger partial charge on any atom is -0.360 e. The minimum absolute atomic E-state index is 0.357. The molecule has 1 saturated heterocycles. The van der Waals surface area contributed by atoms with Gasteiger partial charge >= 0.3 is 0 Å². The molecular formula is C20H33N6+. The molecule has 1 aliphatic heterocycles. The van der Waals surface area contributed by atoms with Gasteiger partial charge in [0.1, 0.15) is 0 Å². The van der Waals surface area contributed by atoms with Gasteiger partial charge in [0.05, 0.1) is 26.2 Å². The molecule has 0 spiro atoms. The Labute approximate surface area is 157 Å². The molecule has 0 saturated carbocycles. The molecule has 3 rings (SSSR count). The zero-order valence-corrected chi connectivity index (χ0v) is 16.6. The number of anilines is 1. The first-order valence-corrected chi connectivity index (χ1v) is 9.97. The maximum Gasteiger partial charge on any atom is 0.209 e. The Hall–Kier alpha value is -1.95. The normalized spacial score (nSPS) is 17.2. The fourth-order valence-corrected chi connectivity index (χ4v) is 3.93. The topological polar surface area (TPSA) is 51.3 Å². The van der Waals surface area contributed by atoms with Crippen molar-refractivity contribution in [3.8, 4) is 0 Å². The molecule has 0 radical (unpaired) electrons. The average molecular weight is 358 g/mol. The number of nitrogens with zero attached hydrogens (tertiary/aromatic N) is 5. The number of hydrogen-bond acceptors (Lipinski definition) is 4. The molecule has 1 N–H and O–H groups in total. The number of piperazine rings is 1. The summed E-state index contributed by atoms with van der Waals surface area (Å²) in [5.74, 6) is 2.23. The van der Waals surface area contributed by atoms with Gasteiger partial charge in [-0.1, -0.05) is 45.9 Å². The molecular weight excluding hydrogens is 324 g/mol. The van der Waals surface area contributed by atoms with Crippen LogP contribution in [0.25, 0.3) is 0 Å². The summed E-state index contributed by atoms with van der Waals surface area (Å²) < 4.78 is 2.04. The van der Waals surface area contributed by atoms with Gasteiger partial charge in [0, 0.05) is 18.2 Å². The first kappa shape index (κ1) is 18.8. The van der Waals surface area contributed by atoms with E-state index in [9.17, 15) is 0 Å². The van der Waals surface area contributed by atoms with E-state index in [0.29, 0.717) is 17.9 Å². The Morgan fingerprint density at radius 1 is 1.04 bits per heavy atom. The summed E-state index contributed by atoms with van der Waals surface area (Å²) in [5.41, 5.74) is 1.33. The second-order valence-electron chi connectivity index (χ2n) is 8.15. The van der Waals surface area contributed by atoms with Crippen molar-refractivity contribution < 1.29 is 4.90 Å². The fraction of sp³-hybridized carbons (Fsp3) is 0.650. The highest BCUT2D eigenvalue weighted by Crippen LogP contribution is 2.18. The summed E-state index contributed by atoms with van der Waals surface area (Å²) in [6.07, 6.45) is 1.11. The van der Waals surface area contributed by atoms with Crippen molar-refractivity contribution in [1.29, 1.82) is 0 Å². The highest BCUT2D eigenvalue weighted by Gasteiger charge is 2.35. The number of benzene rings is 1. The van der Waals surface area contributed by atoms with Crippen LogP contribution in [0.1, 0.15) is 46.0 Å². The van der Waals surface area contributed by atoms with E-state index in [1.165, 1.54) is 5.69 Å². The van der Waals surface area contributed by atoms with Gasteiger partial charge in [0.25, 0.3) is 0 Å². The summed E-state index contributed by atoms with van der Waals surface area (Å²) in [6, 6.07) is 11.1.